The van der Waals surface area contributed by atoms with Gasteiger partial charge in [-0.2, -0.15) is 0 Å². The van der Waals surface area contributed by atoms with Crippen LogP contribution in [0, 0.1) is 11.8 Å². The minimum absolute atomic E-state index is 0.0159. The Kier molecular flexibility index (Phi) is 20.1. The van der Waals surface area contributed by atoms with E-state index in [1.54, 1.807) is 44.2 Å². The largest absolute Gasteiger partial charge is 0.480 e. The predicted octanol–water partition coefficient (Wildman–Crippen LogP) is -2.47. The van der Waals surface area contributed by atoms with Crippen molar-refractivity contribution in [3.05, 3.63) is 48.0 Å². The van der Waals surface area contributed by atoms with Crippen LogP contribution in [0.3, 0.4) is 0 Å². The van der Waals surface area contributed by atoms with E-state index < -0.39 is 102 Å². The van der Waals surface area contributed by atoms with E-state index in [0.717, 1.165) is 31.4 Å². The first-order valence-electron chi connectivity index (χ1n) is 19.0. The van der Waals surface area contributed by atoms with Crippen LogP contribution in [0.15, 0.2) is 42.5 Å². The number of carbonyl (C=O) groups is 10. The monoisotopic (exact) mass is 813 g/mol. The van der Waals surface area contributed by atoms with Crippen molar-refractivity contribution < 1.29 is 53.1 Å². The number of amides is 9. The van der Waals surface area contributed by atoms with Gasteiger partial charge in [-0.05, 0) is 43.6 Å². The summed E-state index contributed by atoms with van der Waals surface area (Å²) in [6, 6.07) is 2.73. The lowest BCUT2D eigenvalue weighted by atomic mass is 9.83. The number of nitrogens with two attached hydrogens (primary N) is 2. The molecule has 318 valence electrons. The molecule has 2 rings (SSSR count). The molecule has 0 aliphatic heterocycles. The fourth-order valence-electron chi connectivity index (χ4n) is 6.02. The van der Waals surface area contributed by atoms with Gasteiger partial charge in [0, 0.05) is 25.0 Å². The molecule has 0 bridgehead atoms. The van der Waals surface area contributed by atoms with Crippen molar-refractivity contribution >= 4 is 59.1 Å². The van der Waals surface area contributed by atoms with Crippen LogP contribution in [0.2, 0.25) is 0 Å². The number of hydrogen-bond acceptors (Lipinski definition) is 10. The quantitative estimate of drug-likeness (QED) is 0.0517. The zero-order chi connectivity index (χ0) is 43.4. The molecule has 1 aliphatic carbocycles. The molecule has 1 aliphatic rings. The van der Waals surface area contributed by atoms with Crippen LogP contribution < -0.4 is 48.7 Å². The maximum Gasteiger partial charge on any atom is 0.326 e. The second-order valence-electron chi connectivity index (χ2n) is 14.3. The van der Waals surface area contributed by atoms with E-state index >= 15 is 0 Å². The summed E-state index contributed by atoms with van der Waals surface area (Å²) in [5, 5.41) is 26.3. The van der Waals surface area contributed by atoms with Gasteiger partial charge in [0.15, 0.2) is 0 Å². The summed E-state index contributed by atoms with van der Waals surface area (Å²) in [7, 11) is 0. The molecule has 0 saturated heterocycles. The van der Waals surface area contributed by atoms with Gasteiger partial charge in [-0.1, -0.05) is 63.4 Å². The van der Waals surface area contributed by atoms with E-state index in [0.29, 0.717) is 18.4 Å². The second kappa shape index (κ2) is 24.3. The molecule has 9 amide bonds. The molecular formula is C38H55N9O11. The highest BCUT2D eigenvalue weighted by molar-refractivity contribution is 6.00. The number of rotatable bonds is 23. The lowest BCUT2D eigenvalue weighted by molar-refractivity contribution is -0.141. The fourth-order valence-corrected chi connectivity index (χ4v) is 6.02. The number of primary amides is 2. The van der Waals surface area contributed by atoms with Crippen molar-refractivity contribution in [3.8, 4) is 0 Å². The third-order valence-corrected chi connectivity index (χ3v) is 9.21. The summed E-state index contributed by atoms with van der Waals surface area (Å²) in [4.78, 5) is 125. The Balaban J connectivity index is 1.99. The summed E-state index contributed by atoms with van der Waals surface area (Å²) < 4.78 is 0. The molecule has 5 atom stereocenters. The van der Waals surface area contributed by atoms with Crippen LogP contribution in [-0.2, 0) is 54.4 Å². The minimum atomic E-state index is -1.39. The topological polar surface area (TPSA) is 327 Å². The van der Waals surface area contributed by atoms with Crippen LogP contribution in [0.25, 0.3) is 0 Å². The average Bonchev–Trinajstić information content (AvgIpc) is 3.17. The number of carboxylic acid groups (broad SMARTS) is 1. The van der Waals surface area contributed by atoms with E-state index in [-0.39, 0.29) is 31.1 Å². The van der Waals surface area contributed by atoms with Crippen molar-refractivity contribution in [3.63, 3.8) is 0 Å². The third-order valence-electron chi connectivity index (χ3n) is 9.21. The number of aliphatic carboxylic acids is 1. The molecule has 20 heteroatoms. The van der Waals surface area contributed by atoms with E-state index in [9.17, 15) is 53.1 Å². The summed E-state index contributed by atoms with van der Waals surface area (Å²) in [5.74, 6) is -9.04. The molecule has 1 aromatic carbocycles. The smallest absolute Gasteiger partial charge is 0.326 e. The molecule has 0 heterocycles. The van der Waals surface area contributed by atoms with Crippen molar-refractivity contribution in [1.29, 1.82) is 0 Å². The highest BCUT2D eigenvalue weighted by Crippen LogP contribution is 2.27. The third kappa shape index (κ3) is 17.6. The highest BCUT2D eigenvalue weighted by atomic mass is 16.4. The Morgan fingerprint density at radius 3 is 1.91 bits per heavy atom. The van der Waals surface area contributed by atoms with Gasteiger partial charge in [-0.25, -0.2) is 4.79 Å². The molecule has 12 N–H and O–H groups in total. The first-order chi connectivity index (χ1) is 27.4. The predicted molar refractivity (Wildman–Crippen MR) is 207 cm³/mol. The molecule has 5 unspecified atom stereocenters. The minimum Gasteiger partial charge on any atom is -0.480 e. The van der Waals surface area contributed by atoms with E-state index in [4.69, 9.17) is 11.5 Å². The highest BCUT2D eigenvalue weighted by Gasteiger charge is 2.35. The first-order valence-corrected chi connectivity index (χ1v) is 19.0. The SMILES string of the molecule is CC(NC(=O)C(NC(=O)C(CCC(N)=O)NC(=O)C=CC(=O)NCC(=O)NCC(=O)NC(Cc1ccccc1)C(=O)O)C1CCCCC1)C(=O)NC(C(N)=O)C(C)C. The Morgan fingerprint density at radius 2 is 1.33 bits per heavy atom. The van der Waals surface area contributed by atoms with Gasteiger partial charge in [-0.3, -0.25) is 43.2 Å². The number of nitrogens with one attached hydrogen (secondary N) is 7. The normalized spacial score (nSPS) is 15.4. The van der Waals surface area contributed by atoms with Crippen molar-refractivity contribution in [2.75, 3.05) is 13.1 Å². The van der Waals surface area contributed by atoms with Gasteiger partial charge >= 0.3 is 5.97 Å². The van der Waals surface area contributed by atoms with Gasteiger partial charge < -0.3 is 53.8 Å². The summed E-state index contributed by atoms with van der Waals surface area (Å²) in [6.45, 7) is 3.60. The number of benzene rings is 1. The van der Waals surface area contributed by atoms with Crippen molar-refractivity contribution in [2.24, 2.45) is 23.3 Å². The van der Waals surface area contributed by atoms with Gasteiger partial charge in [-0.15, -0.1) is 0 Å². The Labute approximate surface area is 335 Å². The molecule has 1 aromatic rings. The van der Waals surface area contributed by atoms with Crippen LogP contribution in [0.5, 0.6) is 0 Å². The van der Waals surface area contributed by atoms with E-state index in [1.165, 1.54) is 6.92 Å². The molecule has 1 saturated carbocycles. The van der Waals surface area contributed by atoms with Crippen molar-refractivity contribution in [2.45, 2.75) is 102 Å². The summed E-state index contributed by atoms with van der Waals surface area (Å²) in [6.07, 6.45) is 4.61. The van der Waals surface area contributed by atoms with Crippen molar-refractivity contribution in [1.82, 2.24) is 37.2 Å². The number of carbonyl (C=O) groups excluding carboxylic acids is 9. The fraction of sp³-hybridized carbons (Fsp3) is 0.526. The molecule has 0 spiro atoms. The number of hydrogen-bond donors (Lipinski definition) is 10. The lowest BCUT2D eigenvalue weighted by Gasteiger charge is -2.32. The molecular weight excluding hydrogens is 758 g/mol. The maximum atomic E-state index is 13.6. The lowest BCUT2D eigenvalue weighted by Crippen LogP contribution is -2.59. The zero-order valence-corrected chi connectivity index (χ0v) is 32.8. The van der Waals surface area contributed by atoms with Gasteiger partial charge in [0.2, 0.25) is 53.2 Å². The average molecular weight is 814 g/mol. The summed E-state index contributed by atoms with van der Waals surface area (Å²) in [5.41, 5.74) is 11.4. The van der Waals surface area contributed by atoms with Crippen LogP contribution in [-0.4, -0.2) is 108 Å². The van der Waals surface area contributed by atoms with Gasteiger partial charge in [0.05, 0.1) is 13.1 Å². The Hall–Kier alpha value is -6.34. The maximum absolute atomic E-state index is 13.6. The molecule has 0 aromatic heterocycles. The van der Waals surface area contributed by atoms with E-state index in [2.05, 4.69) is 37.2 Å². The van der Waals surface area contributed by atoms with Gasteiger partial charge in [0.1, 0.15) is 30.2 Å². The molecule has 58 heavy (non-hydrogen) atoms. The second-order valence-corrected chi connectivity index (χ2v) is 14.3. The first kappa shape index (κ1) is 47.8. The van der Waals surface area contributed by atoms with Crippen LogP contribution in [0.4, 0.5) is 0 Å². The van der Waals surface area contributed by atoms with E-state index in [1.807, 2.05) is 0 Å². The zero-order valence-electron chi connectivity index (χ0n) is 32.8. The molecule has 0 radical (unpaired) electrons. The molecule has 1 fully saturated rings. The number of carboxylic acids is 1. The van der Waals surface area contributed by atoms with Crippen LogP contribution in [0.1, 0.15) is 71.3 Å². The summed E-state index contributed by atoms with van der Waals surface area (Å²) >= 11 is 0. The standard InChI is InChI=1S/C38H55N9O11/c1-21(2)32(34(40)53)46-35(54)22(3)43-37(56)33(24-12-8-5-9-13-24)47-36(55)25(14-15-27(39)48)44-29(50)17-16-28(49)41-19-30(51)42-20-31(52)45-26(38(57)58)18-23-10-6-4-7-11-23/h4,6-7,10-11,16-17,21-22,24-26,32-33H,5,8-9,12-15,18-20H2,1-3H3,(H2,39,48)(H2,40,53)(H,41,49)(H,42,51)(H,43,56)(H,44,50)(H,45,52)(H,46,54)(H,47,55)(H,57,58). The van der Waals surface area contributed by atoms with Gasteiger partial charge in [0.25, 0.3) is 0 Å². The van der Waals surface area contributed by atoms with Crippen LogP contribution >= 0.6 is 0 Å². The Morgan fingerprint density at radius 1 is 0.707 bits per heavy atom. The molecule has 20 nitrogen and oxygen atoms in total. The Bertz CT molecular complexity index is 1680.